The zero-order chi connectivity index (χ0) is 19.2. The Kier molecular flexibility index (Phi) is 6.88. The van der Waals surface area contributed by atoms with Crippen LogP contribution in [0.5, 0.6) is 5.75 Å². The highest BCUT2D eigenvalue weighted by atomic mass is 35.5. The van der Waals surface area contributed by atoms with E-state index in [1.165, 1.54) is 4.31 Å². The Hall–Kier alpha value is -2.25. The molecular weight excluding hydrogens is 376 g/mol. The normalized spacial score (nSPS) is 11.0. The number of nitrogens with zero attached hydrogens (tertiary/aromatic N) is 1. The molecule has 0 spiro atoms. The van der Waals surface area contributed by atoms with E-state index in [-0.39, 0.29) is 18.9 Å². The van der Waals surface area contributed by atoms with Gasteiger partial charge in [0.15, 0.2) is 0 Å². The van der Waals surface area contributed by atoms with Crippen LogP contribution in [0, 0.1) is 0 Å². The topological polar surface area (TPSA) is 75.7 Å². The van der Waals surface area contributed by atoms with Crippen LogP contribution < -0.4 is 14.4 Å². The number of benzene rings is 2. The van der Waals surface area contributed by atoms with Gasteiger partial charge in [-0.3, -0.25) is 9.10 Å². The van der Waals surface area contributed by atoms with Gasteiger partial charge < -0.3 is 10.1 Å². The van der Waals surface area contributed by atoms with Crippen molar-refractivity contribution >= 4 is 33.2 Å². The first kappa shape index (κ1) is 20.1. The van der Waals surface area contributed by atoms with Crippen LogP contribution in [0.4, 0.5) is 5.69 Å². The monoisotopic (exact) mass is 396 g/mol. The predicted octanol–water partition coefficient (Wildman–Crippen LogP) is 2.82. The molecule has 0 aromatic heterocycles. The summed E-state index contributed by atoms with van der Waals surface area (Å²) in [7, 11) is -1.92. The lowest BCUT2D eigenvalue weighted by molar-refractivity contribution is -0.121. The van der Waals surface area contributed by atoms with Crippen molar-refractivity contribution in [2.24, 2.45) is 0 Å². The third kappa shape index (κ3) is 5.93. The number of rotatable bonds is 8. The Morgan fingerprint density at radius 2 is 1.73 bits per heavy atom. The number of hydrogen-bond donors (Lipinski definition) is 1. The fraction of sp³-hybridized carbons (Fsp3) is 0.278. The molecule has 0 aliphatic rings. The van der Waals surface area contributed by atoms with Crippen molar-refractivity contribution in [3.63, 3.8) is 0 Å². The van der Waals surface area contributed by atoms with Gasteiger partial charge in [-0.05, 0) is 42.0 Å². The minimum Gasteiger partial charge on any atom is -0.497 e. The largest absolute Gasteiger partial charge is 0.497 e. The Balaban J connectivity index is 1.93. The molecule has 0 aliphatic carbocycles. The molecule has 26 heavy (non-hydrogen) atoms. The van der Waals surface area contributed by atoms with Gasteiger partial charge in [-0.2, -0.15) is 0 Å². The van der Waals surface area contributed by atoms with Gasteiger partial charge in [0, 0.05) is 24.5 Å². The summed E-state index contributed by atoms with van der Waals surface area (Å²) in [6, 6.07) is 13.8. The number of anilines is 1. The number of methoxy groups -OCH3 is 1. The number of ether oxygens (including phenoxy) is 1. The minimum absolute atomic E-state index is 0.0475. The SMILES string of the molecule is COc1ccc(CNC(=O)CCN(c2ccc(Cl)cc2)S(C)(=O)=O)cc1. The predicted molar refractivity (Wildman–Crippen MR) is 103 cm³/mol. The van der Waals surface area contributed by atoms with Crippen LogP contribution in [-0.2, 0) is 21.4 Å². The van der Waals surface area contributed by atoms with Crippen molar-refractivity contribution < 1.29 is 17.9 Å². The standard InChI is InChI=1S/C18H21ClN2O4S/c1-25-17-9-3-14(4-10-17)13-20-18(22)11-12-21(26(2,23)24)16-7-5-15(19)6-8-16/h3-10H,11-13H2,1-2H3,(H,20,22). The summed E-state index contributed by atoms with van der Waals surface area (Å²) in [6.07, 6.45) is 1.16. The van der Waals surface area contributed by atoms with Gasteiger partial charge in [-0.15, -0.1) is 0 Å². The summed E-state index contributed by atoms with van der Waals surface area (Å²) >= 11 is 5.84. The van der Waals surface area contributed by atoms with Crippen LogP contribution >= 0.6 is 11.6 Å². The maximum absolute atomic E-state index is 12.1. The third-order valence-electron chi connectivity index (χ3n) is 3.71. The molecule has 2 aromatic rings. The van der Waals surface area contributed by atoms with Gasteiger partial charge in [-0.25, -0.2) is 8.42 Å². The van der Waals surface area contributed by atoms with E-state index >= 15 is 0 Å². The van der Waals surface area contributed by atoms with Gasteiger partial charge >= 0.3 is 0 Å². The maximum Gasteiger partial charge on any atom is 0.232 e. The fourth-order valence-corrected chi connectivity index (χ4v) is 3.38. The molecule has 1 amide bonds. The highest BCUT2D eigenvalue weighted by molar-refractivity contribution is 7.92. The van der Waals surface area contributed by atoms with E-state index < -0.39 is 10.0 Å². The van der Waals surface area contributed by atoms with Crippen LogP contribution in [0.2, 0.25) is 5.02 Å². The number of carbonyl (C=O) groups excluding carboxylic acids is 1. The second-order valence-electron chi connectivity index (χ2n) is 5.69. The molecule has 6 nitrogen and oxygen atoms in total. The first-order valence-corrected chi connectivity index (χ1v) is 10.1. The van der Waals surface area contributed by atoms with Gasteiger partial charge in [-0.1, -0.05) is 23.7 Å². The smallest absolute Gasteiger partial charge is 0.232 e. The van der Waals surface area contributed by atoms with Gasteiger partial charge in [0.25, 0.3) is 0 Å². The molecule has 0 heterocycles. The first-order valence-electron chi connectivity index (χ1n) is 7.92. The molecule has 140 valence electrons. The highest BCUT2D eigenvalue weighted by Crippen LogP contribution is 2.20. The highest BCUT2D eigenvalue weighted by Gasteiger charge is 2.18. The van der Waals surface area contributed by atoms with Crippen molar-refractivity contribution in [2.75, 3.05) is 24.2 Å². The lowest BCUT2D eigenvalue weighted by Crippen LogP contribution is -2.34. The van der Waals surface area contributed by atoms with Crippen molar-refractivity contribution in [1.29, 1.82) is 0 Å². The molecule has 0 unspecified atom stereocenters. The molecule has 1 N–H and O–H groups in total. The van der Waals surface area contributed by atoms with E-state index in [2.05, 4.69) is 5.32 Å². The van der Waals surface area contributed by atoms with Crippen molar-refractivity contribution in [1.82, 2.24) is 5.32 Å². The van der Waals surface area contributed by atoms with Crippen molar-refractivity contribution in [3.05, 3.63) is 59.1 Å². The minimum atomic E-state index is -3.50. The molecule has 2 rings (SSSR count). The van der Waals surface area contributed by atoms with E-state index in [0.717, 1.165) is 17.6 Å². The Bertz CT molecular complexity index is 836. The lowest BCUT2D eigenvalue weighted by Gasteiger charge is -2.22. The zero-order valence-corrected chi connectivity index (χ0v) is 16.2. The molecule has 8 heteroatoms. The lowest BCUT2D eigenvalue weighted by atomic mass is 10.2. The molecule has 2 aromatic carbocycles. The summed E-state index contributed by atoms with van der Waals surface area (Å²) < 4.78 is 30.3. The van der Waals surface area contributed by atoms with E-state index in [0.29, 0.717) is 17.3 Å². The Morgan fingerprint density at radius 1 is 1.12 bits per heavy atom. The first-order chi connectivity index (χ1) is 12.3. The quantitative estimate of drug-likeness (QED) is 0.744. The van der Waals surface area contributed by atoms with Crippen molar-refractivity contribution in [3.8, 4) is 5.75 Å². The number of nitrogens with one attached hydrogen (secondary N) is 1. The van der Waals surface area contributed by atoms with E-state index in [4.69, 9.17) is 16.3 Å². The molecule has 0 saturated heterocycles. The van der Waals surface area contributed by atoms with Crippen LogP contribution in [0.15, 0.2) is 48.5 Å². The van der Waals surface area contributed by atoms with E-state index in [1.807, 2.05) is 24.3 Å². The molecular formula is C18H21ClN2O4S. The molecule has 0 fully saturated rings. The van der Waals surface area contributed by atoms with Gasteiger partial charge in [0.1, 0.15) is 5.75 Å². The molecule has 0 aliphatic heterocycles. The molecule has 0 atom stereocenters. The fourth-order valence-electron chi connectivity index (χ4n) is 2.33. The third-order valence-corrected chi connectivity index (χ3v) is 5.15. The summed E-state index contributed by atoms with van der Waals surface area (Å²) in [5, 5.41) is 3.29. The number of hydrogen-bond acceptors (Lipinski definition) is 4. The summed E-state index contributed by atoms with van der Waals surface area (Å²) in [6.45, 7) is 0.414. The number of carbonyl (C=O) groups is 1. The average molecular weight is 397 g/mol. The Morgan fingerprint density at radius 3 is 2.27 bits per heavy atom. The summed E-state index contributed by atoms with van der Waals surface area (Å²) in [5.74, 6) is 0.510. The second kappa shape index (κ2) is 8.91. The van der Waals surface area contributed by atoms with E-state index in [1.54, 1.807) is 31.4 Å². The summed E-state index contributed by atoms with van der Waals surface area (Å²) in [4.78, 5) is 12.1. The average Bonchev–Trinajstić information content (AvgIpc) is 2.61. The Labute approximate surface area is 158 Å². The number of sulfonamides is 1. The number of halogens is 1. The molecule has 0 saturated carbocycles. The summed E-state index contributed by atoms with van der Waals surface area (Å²) in [5.41, 5.74) is 1.40. The maximum atomic E-state index is 12.1. The van der Waals surface area contributed by atoms with Crippen molar-refractivity contribution in [2.45, 2.75) is 13.0 Å². The van der Waals surface area contributed by atoms with Crippen LogP contribution in [0.25, 0.3) is 0 Å². The van der Waals surface area contributed by atoms with Gasteiger partial charge in [0.05, 0.1) is 19.1 Å². The second-order valence-corrected chi connectivity index (χ2v) is 8.03. The zero-order valence-electron chi connectivity index (χ0n) is 14.6. The van der Waals surface area contributed by atoms with Crippen LogP contribution in [-0.4, -0.2) is 34.2 Å². The van der Waals surface area contributed by atoms with Crippen LogP contribution in [0.3, 0.4) is 0 Å². The molecule has 0 bridgehead atoms. The molecule has 0 radical (unpaired) electrons. The van der Waals surface area contributed by atoms with Crippen LogP contribution in [0.1, 0.15) is 12.0 Å². The van der Waals surface area contributed by atoms with Gasteiger partial charge in [0.2, 0.25) is 15.9 Å². The number of amides is 1. The van der Waals surface area contributed by atoms with E-state index in [9.17, 15) is 13.2 Å².